The van der Waals surface area contributed by atoms with E-state index in [0.29, 0.717) is 23.7 Å². The van der Waals surface area contributed by atoms with Crippen LogP contribution >= 0.6 is 0 Å². The van der Waals surface area contributed by atoms with Crippen molar-refractivity contribution in [3.05, 3.63) is 78.1 Å². The zero-order chi connectivity index (χ0) is 30.2. The first kappa shape index (κ1) is 31.2. The summed E-state index contributed by atoms with van der Waals surface area (Å²) >= 11 is 0. The molecule has 0 aliphatic heterocycles. The number of hydrogen-bond donors (Lipinski definition) is 1. The van der Waals surface area contributed by atoms with Gasteiger partial charge in [-0.15, -0.1) is 0 Å². The highest BCUT2D eigenvalue weighted by Gasteiger charge is 2.33. The van der Waals surface area contributed by atoms with Gasteiger partial charge in [-0.1, -0.05) is 12.1 Å². The third-order valence-electron chi connectivity index (χ3n) is 6.34. The van der Waals surface area contributed by atoms with Gasteiger partial charge in [0.2, 0.25) is 11.8 Å². The number of anilines is 1. The summed E-state index contributed by atoms with van der Waals surface area (Å²) in [4.78, 5) is 27.5. The predicted molar refractivity (Wildman–Crippen MR) is 152 cm³/mol. The van der Waals surface area contributed by atoms with E-state index in [4.69, 9.17) is 14.2 Å². The molecule has 2 amide bonds. The van der Waals surface area contributed by atoms with Gasteiger partial charge in [0, 0.05) is 19.7 Å². The molecule has 3 aromatic rings. The van der Waals surface area contributed by atoms with Crippen LogP contribution in [0.3, 0.4) is 0 Å². The van der Waals surface area contributed by atoms with Crippen molar-refractivity contribution in [2.45, 2.75) is 31.3 Å². The van der Waals surface area contributed by atoms with Crippen LogP contribution in [-0.4, -0.2) is 65.6 Å². The number of nitrogens with zero attached hydrogens (tertiary/aromatic N) is 2. The lowest BCUT2D eigenvalue weighted by molar-refractivity contribution is -0.139. The molecule has 0 spiro atoms. The fraction of sp³-hybridized carbons (Fsp3) is 0.310. The summed E-state index contributed by atoms with van der Waals surface area (Å²) in [6.07, 6.45) is 0. The normalized spacial score (nSPS) is 11.8. The smallest absolute Gasteiger partial charge is 0.264 e. The SMILES string of the molecule is CCOc1ccc(N(CC(=O)N(Cc2ccc(F)cc2)C(C)C(=O)NC)S(=O)(=O)c2ccc(OC)c(OC)c2)cc1. The van der Waals surface area contributed by atoms with Crippen LogP contribution < -0.4 is 23.8 Å². The molecule has 0 aliphatic rings. The van der Waals surface area contributed by atoms with E-state index in [9.17, 15) is 22.4 Å². The maximum absolute atomic E-state index is 14.0. The summed E-state index contributed by atoms with van der Waals surface area (Å²) in [5.74, 6) is -0.497. The molecule has 41 heavy (non-hydrogen) atoms. The number of likely N-dealkylation sites (N-methyl/N-ethyl adjacent to an activating group) is 1. The molecule has 0 radical (unpaired) electrons. The zero-order valence-corrected chi connectivity index (χ0v) is 24.4. The van der Waals surface area contributed by atoms with Gasteiger partial charge in [-0.05, 0) is 67.9 Å². The van der Waals surface area contributed by atoms with Crippen molar-refractivity contribution in [1.82, 2.24) is 10.2 Å². The van der Waals surface area contributed by atoms with E-state index in [-0.39, 0.29) is 22.9 Å². The predicted octanol–water partition coefficient (Wildman–Crippen LogP) is 3.60. The molecular weight excluding hydrogens is 553 g/mol. The molecule has 3 aromatic carbocycles. The van der Waals surface area contributed by atoms with Crippen LogP contribution in [0.25, 0.3) is 0 Å². The average molecular weight is 588 g/mol. The number of amides is 2. The Morgan fingerprint density at radius 1 is 0.951 bits per heavy atom. The number of sulfonamides is 1. The first-order chi connectivity index (χ1) is 19.5. The van der Waals surface area contributed by atoms with Crippen molar-refractivity contribution < 1.29 is 36.6 Å². The van der Waals surface area contributed by atoms with Crippen molar-refractivity contribution in [2.24, 2.45) is 0 Å². The van der Waals surface area contributed by atoms with Gasteiger partial charge in [-0.3, -0.25) is 13.9 Å². The van der Waals surface area contributed by atoms with Crippen molar-refractivity contribution in [3.63, 3.8) is 0 Å². The first-order valence-electron chi connectivity index (χ1n) is 12.8. The quantitative estimate of drug-likeness (QED) is 0.325. The molecule has 3 rings (SSSR count). The van der Waals surface area contributed by atoms with Crippen LogP contribution in [0.1, 0.15) is 19.4 Å². The zero-order valence-electron chi connectivity index (χ0n) is 23.6. The van der Waals surface area contributed by atoms with Gasteiger partial charge in [0.1, 0.15) is 24.2 Å². The number of methoxy groups -OCH3 is 2. The van der Waals surface area contributed by atoms with Gasteiger partial charge in [0.05, 0.1) is 31.4 Å². The molecule has 0 aromatic heterocycles. The molecular formula is C29H34FN3O7S. The van der Waals surface area contributed by atoms with E-state index < -0.39 is 40.2 Å². The molecule has 1 atom stereocenters. The summed E-state index contributed by atoms with van der Waals surface area (Å²) in [6.45, 7) is 3.09. The van der Waals surface area contributed by atoms with Crippen LogP contribution in [0.15, 0.2) is 71.6 Å². The summed E-state index contributed by atoms with van der Waals surface area (Å²) in [6, 6.07) is 14.9. The Bertz CT molecular complexity index is 1450. The lowest BCUT2D eigenvalue weighted by Crippen LogP contribution is -2.50. The molecule has 220 valence electrons. The largest absolute Gasteiger partial charge is 0.494 e. The summed E-state index contributed by atoms with van der Waals surface area (Å²) in [5.41, 5.74) is 0.761. The van der Waals surface area contributed by atoms with E-state index in [1.807, 2.05) is 6.92 Å². The summed E-state index contributed by atoms with van der Waals surface area (Å²) < 4.78 is 58.5. The Hall–Kier alpha value is -4.32. The minimum Gasteiger partial charge on any atom is -0.494 e. The van der Waals surface area contributed by atoms with Gasteiger partial charge in [-0.25, -0.2) is 12.8 Å². The lowest BCUT2D eigenvalue weighted by atomic mass is 10.1. The fourth-order valence-corrected chi connectivity index (χ4v) is 5.52. The lowest BCUT2D eigenvalue weighted by Gasteiger charge is -2.32. The number of halogens is 1. The average Bonchev–Trinajstić information content (AvgIpc) is 2.98. The Labute approximate surface area is 239 Å². The Kier molecular flexibility index (Phi) is 10.5. The summed E-state index contributed by atoms with van der Waals surface area (Å²) in [5, 5.41) is 2.51. The molecule has 10 nitrogen and oxygen atoms in total. The van der Waals surface area contributed by atoms with Gasteiger partial charge in [-0.2, -0.15) is 0 Å². The number of benzene rings is 3. The van der Waals surface area contributed by atoms with Gasteiger partial charge >= 0.3 is 0 Å². The van der Waals surface area contributed by atoms with Crippen molar-refractivity contribution in [2.75, 3.05) is 38.7 Å². The molecule has 0 fully saturated rings. The summed E-state index contributed by atoms with van der Waals surface area (Å²) in [7, 11) is -0.0832. The molecule has 0 aliphatic carbocycles. The van der Waals surface area contributed by atoms with Crippen molar-refractivity contribution >= 4 is 27.5 Å². The molecule has 0 heterocycles. The monoisotopic (exact) mass is 587 g/mol. The minimum atomic E-state index is -4.34. The molecule has 0 bridgehead atoms. The number of nitrogens with one attached hydrogen (secondary N) is 1. The Morgan fingerprint density at radius 2 is 1.59 bits per heavy atom. The van der Waals surface area contributed by atoms with Gasteiger partial charge in [0.15, 0.2) is 11.5 Å². The number of ether oxygens (including phenoxy) is 3. The second-order valence-electron chi connectivity index (χ2n) is 8.89. The minimum absolute atomic E-state index is 0.0543. The van der Waals surface area contributed by atoms with E-state index in [1.165, 1.54) is 87.7 Å². The van der Waals surface area contributed by atoms with Crippen LogP contribution in [0, 0.1) is 5.82 Å². The second kappa shape index (κ2) is 13.8. The van der Waals surface area contributed by atoms with Gasteiger partial charge in [0.25, 0.3) is 10.0 Å². The number of carbonyl (C=O) groups excluding carboxylic acids is 2. The topological polar surface area (TPSA) is 114 Å². The van der Waals surface area contributed by atoms with E-state index in [0.717, 1.165) is 4.31 Å². The van der Waals surface area contributed by atoms with E-state index in [1.54, 1.807) is 12.1 Å². The van der Waals surface area contributed by atoms with Crippen LogP contribution in [-0.2, 0) is 26.2 Å². The van der Waals surface area contributed by atoms with E-state index in [2.05, 4.69) is 5.32 Å². The highest BCUT2D eigenvalue weighted by atomic mass is 32.2. The number of hydrogen-bond acceptors (Lipinski definition) is 7. The number of rotatable bonds is 13. The molecule has 1 N–H and O–H groups in total. The third-order valence-corrected chi connectivity index (χ3v) is 8.11. The highest BCUT2D eigenvalue weighted by molar-refractivity contribution is 7.92. The second-order valence-corrected chi connectivity index (χ2v) is 10.8. The molecule has 0 saturated heterocycles. The van der Waals surface area contributed by atoms with Crippen LogP contribution in [0.5, 0.6) is 17.2 Å². The molecule has 1 unspecified atom stereocenters. The Balaban J connectivity index is 2.07. The highest BCUT2D eigenvalue weighted by Crippen LogP contribution is 2.33. The first-order valence-corrected chi connectivity index (χ1v) is 14.2. The van der Waals surface area contributed by atoms with Crippen LogP contribution in [0.4, 0.5) is 10.1 Å². The van der Waals surface area contributed by atoms with E-state index >= 15 is 0 Å². The third kappa shape index (κ3) is 7.46. The maximum Gasteiger partial charge on any atom is 0.264 e. The number of carbonyl (C=O) groups is 2. The Morgan fingerprint density at radius 3 is 2.15 bits per heavy atom. The molecule has 0 saturated carbocycles. The maximum atomic E-state index is 14.0. The van der Waals surface area contributed by atoms with Crippen molar-refractivity contribution in [3.8, 4) is 17.2 Å². The van der Waals surface area contributed by atoms with Crippen LogP contribution in [0.2, 0.25) is 0 Å². The van der Waals surface area contributed by atoms with Crippen molar-refractivity contribution in [1.29, 1.82) is 0 Å². The molecule has 12 heteroatoms. The fourth-order valence-electron chi connectivity index (χ4n) is 4.09. The standard InChI is InChI=1S/C29H34FN3O7S/c1-6-40-24-13-11-23(12-14-24)33(41(36,37)25-15-16-26(38-4)27(17-25)39-5)19-28(34)32(20(2)29(35)31-3)18-21-7-9-22(30)10-8-21/h7-17,20H,6,18-19H2,1-5H3,(H,31,35). The van der Waals surface area contributed by atoms with Gasteiger partial charge < -0.3 is 24.4 Å².